The van der Waals surface area contributed by atoms with Crippen LogP contribution in [-0.2, 0) is 4.74 Å². The summed E-state index contributed by atoms with van der Waals surface area (Å²) in [5, 5.41) is 8.91. The number of nitriles is 1. The van der Waals surface area contributed by atoms with E-state index in [0.717, 1.165) is 6.54 Å². The van der Waals surface area contributed by atoms with Crippen LogP contribution in [0.1, 0.15) is 21.7 Å². The predicted molar refractivity (Wildman–Crippen MR) is 80.0 cm³/mol. The van der Waals surface area contributed by atoms with E-state index in [-0.39, 0.29) is 5.91 Å². The smallest absolute Gasteiger partial charge is 0.272 e. The number of rotatable bonds is 7. The molecular weight excluding hydrogens is 268 g/mol. The summed E-state index contributed by atoms with van der Waals surface area (Å²) in [4.78, 5) is 20.5. The van der Waals surface area contributed by atoms with Gasteiger partial charge in [0.05, 0.1) is 17.9 Å². The van der Waals surface area contributed by atoms with Crippen molar-refractivity contribution >= 4 is 5.91 Å². The third kappa shape index (κ3) is 5.14. The third-order valence-electron chi connectivity index (χ3n) is 3.10. The highest BCUT2D eigenvalue weighted by Gasteiger charge is 2.17. The number of hydrogen-bond acceptors (Lipinski definition) is 5. The minimum Gasteiger partial charge on any atom is -0.383 e. The second kappa shape index (κ2) is 8.35. The highest BCUT2D eigenvalue weighted by Crippen LogP contribution is 2.08. The maximum absolute atomic E-state index is 12.5. The molecule has 0 aliphatic heterocycles. The average Bonchev–Trinajstić information content (AvgIpc) is 2.46. The average molecular weight is 290 g/mol. The van der Waals surface area contributed by atoms with Crippen molar-refractivity contribution in [1.29, 1.82) is 5.26 Å². The van der Waals surface area contributed by atoms with Gasteiger partial charge in [-0.2, -0.15) is 5.26 Å². The van der Waals surface area contributed by atoms with Gasteiger partial charge in [0.1, 0.15) is 11.8 Å². The molecule has 0 saturated carbocycles. The van der Waals surface area contributed by atoms with Crippen molar-refractivity contribution in [2.45, 2.75) is 6.92 Å². The molecule has 0 bridgehead atoms. The number of aryl methyl sites for hydroxylation is 1. The van der Waals surface area contributed by atoms with E-state index in [1.54, 1.807) is 31.1 Å². The summed E-state index contributed by atoms with van der Waals surface area (Å²) in [6.45, 7) is 4.10. The molecule has 1 aromatic rings. The van der Waals surface area contributed by atoms with Gasteiger partial charge in [0.15, 0.2) is 0 Å². The van der Waals surface area contributed by atoms with E-state index in [9.17, 15) is 4.79 Å². The first-order valence-corrected chi connectivity index (χ1v) is 6.80. The van der Waals surface area contributed by atoms with E-state index in [2.05, 4.69) is 11.1 Å². The quantitative estimate of drug-likeness (QED) is 0.746. The molecule has 6 nitrogen and oxygen atoms in total. The molecule has 0 saturated heterocycles. The molecule has 0 atom stereocenters. The number of aromatic nitrogens is 1. The van der Waals surface area contributed by atoms with Crippen LogP contribution in [0.15, 0.2) is 12.1 Å². The minimum atomic E-state index is -0.138. The van der Waals surface area contributed by atoms with E-state index in [1.807, 2.05) is 19.0 Å². The summed E-state index contributed by atoms with van der Waals surface area (Å²) in [7, 11) is 5.53. The molecule has 1 amide bonds. The van der Waals surface area contributed by atoms with Crippen molar-refractivity contribution in [3.63, 3.8) is 0 Å². The van der Waals surface area contributed by atoms with Crippen LogP contribution in [0, 0.1) is 18.3 Å². The van der Waals surface area contributed by atoms with Crippen LogP contribution in [0.4, 0.5) is 0 Å². The predicted octanol–water partition coefficient (Wildman–Crippen LogP) is 0.912. The summed E-state index contributed by atoms with van der Waals surface area (Å²) >= 11 is 0. The molecule has 0 radical (unpaired) electrons. The molecule has 0 unspecified atom stereocenters. The molecule has 1 rings (SSSR count). The Balaban J connectivity index is 2.88. The first-order chi connectivity index (χ1) is 9.99. The molecule has 0 spiro atoms. The highest BCUT2D eigenvalue weighted by atomic mass is 16.5. The van der Waals surface area contributed by atoms with Gasteiger partial charge >= 0.3 is 0 Å². The Bertz CT molecular complexity index is 523. The number of ether oxygens (including phenoxy) is 1. The van der Waals surface area contributed by atoms with E-state index in [1.165, 1.54) is 0 Å². The molecule has 1 aromatic heterocycles. The molecule has 0 aromatic carbocycles. The van der Waals surface area contributed by atoms with Crippen molar-refractivity contribution in [3.05, 3.63) is 29.1 Å². The van der Waals surface area contributed by atoms with Crippen molar-refractivity contribution in [1.82, 2.24) is 14.8 Å². The molecule has 0 N–H and O–H groups in total. The largest absolute Gasteiger partial charge is 0.383 e. The molecule has 0 aliphatic rings. The molecule has 114 valence electrons. The second-order valence-corrected chi connectivity index (χ2v) is 5.03. The first-order valence-electron chi connectivity index (χ1n) is 6.80. The maximum atomic E-state index is 12.5. The zero-order valence-electron chi connectivity index (χ0n) is 13.1. The van der Waals surface area contributed by atoms with Gasteiger partial charge in [-0.25, -0.2) is 4.98 Å². The Kier molecular flexibility index (Phi) is 6.79. The summed E-state index contributed by atoms with van der Waals surface area (Å²) in [5.41, 5.74) is 1.42. The molecule has 0 fully saturated rings. The van der Waals surface area contributed by atoms with Crippen LogP contribution in [-0.4, -0.2) is 68.1 Å². The molecule has 1 heterocycles. The van der Waals surface area contributed by atoms with Crippen molar-refractivity contribution in [2.24, 2.45) is 0 Å². The van der Waals surface area contributed by atoms with E-state index >= 15 is 0 Å². The molecule has 6 heteroatoms. The number of carbonyl (C=O) groups is 1. The normalized spacial score (nSPS) is 10.5. The van der Waals surface area contributed by atoms with Gasteiger partial charge in [0.2, 0.25) is 0 Å². The Labute approximate surface area is 125 Å². The molecule has 0 aliphatic carbocycles. The van der Waals surface area contributed by atoms with Gasteiger partial charge in [0, 0.05) is 26.7 Å². The number of pyridine rings is 1. The lowest BCUT2D eigenvalue weighted by Crippen LogP contribution is -2.39. The third-order valence-corrected chi connectivity index (χ3v) is 3.10. The van der Waals surface area contributed by atoms with Crippen LogP contribution in [0.3, 0.4) is 0 Å². The van der Waals surface area contributed by atoms with Crippen molar-refractivity contribution in [3.8, 4) is 6.07 Å². The standard InChI is InChI=1S/C15H22N4O2/c1-12-13(11-16)5-6-14(17-12)15(20)19(9-10-21-4)8-7-18(2)3/h5-6H,7-10H2,1-4H3. The Morgan fingerprint density at radius 1 is 1.33 bits per heavy atom. The Hall–Kier alpha value is -1.97. The highest BCUT2D eigenvalue weighted by molar-refractivity contribution is 5.92. The van der Waals surface area contributed by atoms with Gasteiger partial charge in [-0.3, -0.25) is 4.79 Å². The zero-order chi connectivity index (χ0) is 15.8. The van der Waals surface area contributed by atoms with Gasteiger partial charge in [0.25, 0.3) is 5.91 Å². The van der Waals surface area contributed by atoms with E-state index in [0.29, 0.717) is 36.6 Å². The maximum Gasteiger partial charge on any atom is 0.272 e. The van der Waals surface area contributed by atoms with Gasteiger partial charge in [-0.1, -0.05) is 0 Å². The van der Waals surface area contributed by atoms with Gasteiger partial charge in [-0.05, 0) is 33.2 Å². The van der Waals surface area contributed by atoms with Gasteiger partial charge < -0.3 is 14.5 Å². The van der Waals surface area contributed by atoms with Crippen LogP contribution < -0.4 is 0 Å². The summed E-state index contributed by atoms with van der Waals surface area (Å²) < 4.78 is 5.05. The minimum absolute atomic E-state index is 0.138. The monoisotopic (exact) mass is 290 g/mol. The summed E-state index contributed by atoms with van der Waals surface area (Å²) in [6, 6.07) is 5.29. The fraction of sp³-hybridized carbons (Fsp3) is 0.533. The van der Waals surface area contributed by atoms with Crippen LogP contribution >= 0.6 is 0 Å². The van der Waals surface area contributed by atoms with Crippen LogP contribution in [0.25, 0.3) is 0 Å². The molecular formula is C15H22N4O2. The summed E-state index contributed by atoms with van der Waals surface area (Å²) in [5.74, 6) is -0.138. The zero-order valence-corrected chi connectivity index (χ0v) is 13.1. The number of nitrogens with zero attached hydrogens (tertiary/aromatic N) is 4. The fourth-order valence-electron chi connectivity index (χ4n) is 1.80. The SMILES string of the molecule is COCCN(CCN(C)C)C(=O)c1ccc(C#N)c(C)n1. The second-order valence-electron chi connectivity index (χ2n) is 5.03. The Morgan fingerprint density at radius 2 is 2.05 bits per heavy atom. The number of amides is 1. The fourth-order valence-corrected chi connectivity index (χ4v) is 1.80. The summed E-state index contributed by atoms with van der Waals surface area (Å²) in [6.07, 6.45) is 0. The van der Waals surface area contributed by atoms with Crippen LogP contribution in [0.2, 0.25) is 0 Å². The number of methoxy groups -OCH3 is 1. The van der Waals surface area contributed by atoms with E-state index < -0.39 is 0 Å². The van der Waals surface area contributed by atoms with Crippen molar-refractivity contribution in [2.75, 3.05) is 47.4 Å². The van der Waals surface area contributed by atoms with Crippen LogP contribution in [0.5, 0.6) is 0 Å². The lowest BCUT2D eigenvalue weighted by atomic mass is 10.2. The Morgan fingerprint density at radius 3 is 2.57 bits per heavy atom. The lowest BCUT2D eigenvalue weighted by molar-refractivity contribution is 0.0677. The van der Waals surface area contributed by atoms with Gasteiger partial charge in [-0.15, -0.1) is 0 Å². The number of hydrogen-bond donors (Lipinski definition) is 0. The first kappa shape index (κ1) is 17.1. The van der Waals surface area contributed by atoms with Crippen molar-refractivity contribution < 1.29 is 9.53 Å². The lowest BCUT2D eigenvalue weighted by Gasteiger charge is -2.24. The topological polar surface area (TPSA) is 69.5 Å². The molecule has 21 heavy (non-hydrogen) atoms. The van der Waals surface area contributed by atoms with E-state index in [4.69, 9.17) is 10.00 Å². The number of likely N-dealkylation sites (N-methyl/N-ethyl adjacent to an activating group) is 1. The number of carbonyl (C=O) groups excluding carboxylic acids is 1.